The summed E-state index contributed by atoms with van der Waals surface area (Å²) in [5.74, 6) is 5.21. The van der Waals surface area contributed by atoms with Gasteiger partial charge in [0.25, 0.3) is 0 Å². The van der Waals surface area contributed by atoms with Crippen LogP contribution in [0.3, 0.4) is 0 Å². The van der Waals surface area contributed by atoms with E-state index in [4.69, 9.17) is 5.84 Å². The first-order valence-corrected chi connectivity index (χ1v) is 6.54. The van der Waals surface area contributed by atoms with Crippen LogP contribution in [0.25, 0.3) is 0 Å². The molecule has 0 aliphatic heterocycles. The molecule has 1 aliphatic rings. The van der Waals surface area contributed by atoms with Crippen LogP contribution in [0.5, 0.6) is 0 Å². The van der Waals surface area contributed by atoms with E-state index in [1.165, 1.54) is 12.1 Å². The van der Waals surface area contributed by atoms with Gasteiger partial charge in [0.05, 0.1) is 4.90 Å². The molecule has 16 heavy (non-hydrogen) atoms. The number of hydrazine groups is 1. The summed E-state index contributed by atoms with van der Waals surface area (Å²) in [5, 5.41) is 0. The molecule has 4 N–H and O–H groups in total. The van der Waals surface area contributed by atoms with Crippen LogP contribution in [-0.4, -0.2) is 14.0 Å². The van der Waals surface area contributed by atoms with Crippen molar-refractivity contribution in [3.63, 3.8) is 0 Å². The number of hydrogen-bond donors (Lipinski definition) is 3. The Morgan fingerprint density at radius 3 is 2.25 bits per heavy atom. The fourth-order valence-electron chi connectivity index (χ4n) is 1.40. The SMILES string of the molecule is CC1(NS(=O)(=O)c2ccc(NN)cc2)CC1. The highest BCUT2D eigenvalue weighted by atomic mass is 32.2. The van der Waals surface area contributed by atoms with Gasteiger partial charge in [-0.3, -0.25) is 5.84 Å². The summed E-state index contributed by atoms with van der Waals surface area (Å²) in [6.07, 6.45) is 1.79. The largest absolute Gasteiger partial charge is 0.324 e. The lowest BCUT2D eigenvalue weighted by atomic mass is 10.3. The van der Waals surface area contributed by atoms with Crippen LogP contribution >= 0.6 is 0 Å². The van der Waals surface area contributed by atoms with Crippen molar-refractivity contribution < 1.29 is 8.42 Å². The molecule has 1 aliphatic carbocycles. The van der Waals surface area contributed by atoms with E-state index in [0.717, 1.165) is 12.8 Å². The van der Waals surface area contributed by atoms with Gasteiger partial charge in [0.2, 0.25) is 10.0 Å². The summed E-state index contributed by atoms with van der Waals surface area (Å²) in [4.78, 5) is 0.264. The monoisotopic (exact) mass is 241 g/mol. The first-order valence-electron chi connectivity index (χ1n) is 5.06. The van der Waals surface area contributed by atoms with E-state index in [1.54, 1.807) is 12.1 Å². The minimum absolute atomic E-state index is 0.246. The van der Waals surface area contributed by atoms with E-state index in [9.17, 15) is 8.42 Å². The molecule has 1 saturated carbocycles. The Balaban J connectivity index is 2.21. The van der Waals surface area contributed by atoms with Crippen LogP contribution in [0.1, 0.15) is 19.8 Å². The highest BCUT2D eigenvalue weighted by molar-refractivity contribution is 7.89. The summed E-state index contributed by atoms with van der Waals surface area (Å²) in [5.41, 5.74) is 2.88. The lowest BCUT2D eigenvalue weighted by Crippen LogP contribution is -2.34. The molecule has 1 fully saturated rings. The molecule has 0 atom stereocenters. The second kappa shape index (κ2) is 3.73. The fraction of sp³-hybridized carbons (Fsp3) is 0.400. The third-order valence-corrected chi connectivity index (χ3v) is 4.37. The molecule has 0 aromatic heterocycles. The quantitative estimate of drug-likeness (QED) is 0.538. The Labute approximate surface area is 95.1 Å². The van der Waals surface area contributed by atoms with E-state index in [2.05, 4.69) is 10.1 Å². The van der Waals surface area contributed by atoms with Gasteiger partial charge in [-0.05, 0) is 44.0 Å². The predicted octanol–water partition coefficient (Wildman–Crippen LogP) is 0.803. The van der Waals surface area contributed by atoms with Crippen molar-refractivity contribution in [1.29, 1.82) is 0 Å². The maximum Gasteiger partial charge on any atom is 0.241 e. The van der Waals surface area contributed by atoms with Crippen molar-refractivity contribution in [2.45, 2.75) is 30.2 Å². The van der Waals surface area contributed by atoms with Gasteiger partial charge in [-0.25, -0.2) is 13.1 Å². The average Bonchev–Trinajstić information content (AvgIpc) is 2.95. The fourth-order valence-corrected chi connectivity index (χ4v) is 2.87. The van der Waals surface area contributed by atoms with Gasteiger partial charge in [0.1, 0.15) is 0 Å². The average molecular weight is 241 g/mol. The molecule has 1 aromatic carbocycles. The van der Waals surface area contributed by atoms with Gasteiger partial charge in [0.15, 0.2) is 0 Å². The Hall–Kier alpha value is -1.11. The van der Waals surface area contributed by atoms with Crippen molar-refractivity contribution in [3.8, 4) is 0 Å². The standard InChI is InChI=1S/C10H15N3O2S/c1-10(6-7-10)13-16(14,15)9-4-2-8(12-11)3-5-9/h2-5,12-13H,6-7,11H2,1H3. The number of hydrogen-bond acceptors (Lipinski definition) is 4. The molecule has 88 valence electrons. The zero-order valence-electron chi connectivity index (χ0n) is 9.03. The molecular formula is C10H15N3O2S. The number of benzene rings is 1. The molecule has 6 heteroatoms. The van der Waals surface area contributed by atoms with Crippen molar-refractivity contribution in [3.05, 3.63) is 24.3 Å². The summed E-state index contributed by atoms with van der Waals surface area (Å²) in [6, 6.07) is 6.32. The number of nitrogens with one attached hydrogen (secondary N) is 2. The van der Waals surface area contributed by atoms with Crippen LogP contribution in [0, 0.1) is 0 Å². The molecule has 1 aromatic rings. The minimum Gasteiger partial charge on any atom is -0.324 e. The van der Waals surface area contributed by atoms with Crippen LogP contribution in [0.2, 0.25) is 0 Å². The lowest BCUT2D eigenvalue weighted by molar-refractivity contribution is 0.558. The van der Waals surface area contributed by atoms with Crippen LogP contribution in [0.4, 0.5) is 5.69 Å². The number of nitrogens with two attached hydrogens (primary N) is 1. The van der Waals surface area contributed by atoms with E-state index in [0.29, 0.717) is 5.69 Å². The van der Waals surface area contributed by atoms with Crippen LogP contribution < -0.4 is 16.0 Å². The highest BCUT2D eigenvalue weighted by Gasteiger charge is 2.41. The smallest absolute Gasteiger partial charge is 0.241 e. The van der Waals surface area contributed by atoms with Crippen molar-refractivity contribution >= 4 is 15.7 Å². The van der Waals surface area contributed by atoms with Crippen LogP contribution in [0.15, 0.2) is 29.2 Å². The molecular weight excluding hydrogens is 226 g/mol. The summed E-state index contributed by atoms with van der Waals surface area (Å²) >= 11 is 0. The summed E-state index contributed by atoms with van der Waals surface area (Å²) < 4.78 is 26.5. The number of sulfonamides is 1. The number of nitrogen functional groups attached to an aromatic ring is 1. The Kier molecular flexibility index (Phi) is 2.65. The van der Waals surface area contributed by atoms with Crippen molar-refractivity contribution in [2.75, 3.05) is 5.43 Å². The number of anilines is 1. The zero-order chi connectivity index (χ0) is 11.8. The lowest BCUT2D eigenvalue weighted by Gasteiger charge is -2.12. The van der Waals surface area contributed by atoms with Gasteiger partial charge in [-0.1, -0.05) is 0 Å². The molecule has 2 rings (SSSR count). The van der Waals surface area contributed by atoms with E-state index in [1.807, 2.05) is 6.92 Å². The molecule has 0 unspecified atom stereocenters. The first-order chi connectivity index (χ1) is 7.45. The molecule has 0 radical (unpaired) electrons. The third kappa shape index (κ3) is 2.34. The maximum atomic E-state index is 11.9. The maximum absolute atomic E-state index is 11.9. The van der Waals surface area contributed by atoms with Gasteiger partial charge in [0, 0.05) is 11.2 Å². The predicted molar refractivity (Wildman–Crippen MR) is 62.2 cm³/mol. The highest BCUT2D eigenvalue weighted by Crippen LogP contribution is 2.35. The molecule has 0 amide bonds. The second-order valence-electron chi connectivity index (χ2n) is 4.33. The van der Waals surface area contributed by atoms with E-state index < -0.39 is 10.0 Å². The summed E-state index contributed by atoms with van der Waals surface area (Å²) in [7, 11) is -3.40. The van der Waals surface area contributed by atoms with E-state index >= 15 is 0 Å². The van der Waals surface area contributed by atoms with Gasteiger partial charge in [-0.2, -0.15) is 0 Å². The normalized spacial score (nSPS) is 18.1. The molecule has 5 nitrogen and oxygen atoms in total. The second-order valence-corrected chi connectivity index (χ2v) is 6.02. The molecule has 0 bridgehead atoms. The first kappa shape index (κ1) is 11.4. The zero-order valence-corrected chi connectivity index (χ0v) is 9.84. The van der Waals surface area contributed by atoms with Crippen molar-refractivity contribution in [2.24, 2.45) is 5.84 Å². The van der Waals surface area contributed by atoms with Crippen LogP contribution in [-0.2, 0) is 10.0 Å². The van der Waals surface area contributed by atoms with Gasteiger partial charge in [-0.15, -0.1) is 0 Å². The third-order valence-electron chi connectivity index (χ3n) is 2.71. The summed E-state index contributed by atoms with van der Waals surface area (Å²) in [6.45, 7) is 1.90. The van der Waals surface area contributed by atoms with Crippen molar-refractivity contribution in [1.82, 2.24) is 4.72 Å². The Morgan fingerprint density at radius 2 is 1.81 bits per heavy atom. The Morgan fingerprint density at radius 1 is 1.25 bits per heavy atom. The molecule has 0 heterocycles. The number of rotatable bonds is 4. The minimum atomic E-state index is -3.40. The van der Waals surface area contributed by atoms with E-state index in [-0.39, 0.29) is 10.4 Å². The molecule has 0 spiro atoms. The Bertz CT molecular complexity index is 477. The van der Waals surface area contributed by atoms with Gasteiger partial charge >= 0.3 is 0 Å². The topological polar surface area (TPSA) is 84.2 Å². The molecule has 0 saturated heterocycles. The van der Waals surface area contributed by atoms with Gasteiger partial charge < -0.3 is 5.43 Å².